The van der Waals surface area contributed by atoms with Crippen molar-refractivity contribution in [2.24, 2.45) is 5.73 Å². The van der Waals surface area contributed by atoms with E-state index in [1.54, 1.807) is 13.0 Å². The van der Waals surface area contributed by atoms with Crippen molar-refractivity contribution >= 4 is 11.5 Å². The first-order chi connectivity index (χ1) is 10.4. The summed E-state index contributed by atoms with van der Waals surface area (Å²) >= 11 is 0. The highest BCUT2D eigenvalue weighted by atomic mass is 16.6. The summed E-state index contributed by atoms with van der Waals surface area (Å²) in [5.41, 5.74) is 6.38. The molecule has 0 saturated carbocycles. The number of carbonyl (C=O) groups excluding carboxylic acids is 1. The van der Waals surface area contributed by atoms with Gasteiger partial charge in [-0.25, -0.2) is 0 Å². The minimum absolute atomic E-state index is 0.0660. The first kappa shape index (κ1) is 15.3. The molecule has 7 heteroatoms. The van der Waals surface area contributed by atoms with Crippen LogP contribution in [0.3, 0.4) is 0 Å². The fourth-order valence-electron chi connectivity index (χ4n) is 2.49. The number of nitriles is 1. The smallest absolute Gasteiger partial charge is 0.269 e. The summed E-state index contributed by atoms with van der Waals surface area (Å²) in [5, 5.41) is 20.3. The normalized spacial score (nSPS) is 17.8. The van der Waals surface area contributed by atoms with E-state index < -0.39 is 10.8 Å². The van der Waals surface area contributed by atoms with Gasteiger partial charge < -0.3 is 10.5 Å². The highest BCUT2D eigenvalue weighted by Crippen LogP contribution is 2.40. The summed E-state index contributed by atoms with van der Waals surface area (Å²) in [5.74, 6) is -0.854. The molecule has 0 amide bonds. The summed E-state index contributed by atoms with van der Waals surface area (Å²) in [6.45, 7) is 2.92. The molecule has 1 aromatic rings. The monoisotopic (exact) mass is 299 g/mol. The van der Waals surface area contributed by atoms with Crippen molar-refractivity contribution in [1.29, 1.82) is 5.26 Å². The number of hydrogen-bond acceptors (Lipinski definition) is 6. The zero-order valence-corrected chi connectivity index (χ0v) is 12.0. The minimum atomic E-state index is -0.767. The lowest BCUT2D eigenvalue weighted by molar-refractivity contribution is -0.384. The Morgan fingerprint density at radius 1 is 1.50 bits per heavy atom. The third-order valence-electron chi connectivity index (χ3n) is 3.40. The van der Waals surface area contributed by atoms with Gasteiger partial charge in [0.1, 0.15) is 17.4 Å². The lowest BCUT2D eigenvalue weighted by atomic mass is 9.81. The molecule has 0 aliphatic carbocycles. The van der Waals surface area contributed by atoms with Crippen LogP contribution in [0.1, 0.15) is 25.3 Å². The Kier molecular flexibility index (Phi) is 3.95. The Labute approximate surface area is 126 Å². The maximum atomic E-state index is 11.9. The Bertz CT molecular complexity index is 771. The fraction of sp³-hybridized carbons (Fsp3) is 0.200. The molecule has 0 spiro atoms. The molecule has 22 heavy (non-hydrogen) atoms. The molecule has 0 aromatic heterocycles. The van der Waals surface area contributed by atoms with Crippen molar-refractivity contribution in [1.82, 2.24) is 0 Å². The predicted molar refractivity (Wildman–Crippen MR) is 77.1 cm³/mol. The lowest BCUT2D eigenvalue weighted by Gasteiger charge is -2.26. The number of non-ortho nitro benzene ring substituents is 1. The van der Waals surface area contributed by atoms with Crippen LogP contribution in [-0.2, 0) is 9.53 Å². The van der Waals surface area contributed by atoms with E-state index in [4.69, 9.17) is 10.5 Å². The number of benzene rings is 1. The summed E-state index contributed by atoms with van der Waals surface area (Å²) in [6, 6.07) is 7.72. The van der Waals surface area contributed by atoms with Gasteiger partial charge in [-0.3, -0.25) is 14.9 Å². The van der Waals surface area contributed by atoms with Crippen LogP contribution in [0.2, 0.25) is 0 Å². The number of nitrogens with two attached hydrogens (primary N) is 1. The average molecular weight is 299 g/mol. The van der Waals surface area contributed by atoms with Crippen LogP contribution in [0.25, 0.3) is 0 Å². The van der Waals surface area contributed by atoms with Crippen molar-refractivity contribution in [3.8, 4) is 6.07 Å². The molecule has 2 rings (SSSR count). The Morgan fingerprint density at radius 3 is 2.73 bits per heavy atom. The third-order valence-corrected chi connectivity index (χ3v) is 3.40. The summed E-state index contributed by atoms with van der Waals surface area (Å²) in [7, 11) is 0. The molecule has 1 atom stereocenters. The van der Waals surface area contributed by atoms with Crippen LogP contribution in [0.15, 0.2) is 47.1 Å². The molecule has 7 nitrogen and oxygen atoms in total. The minimum Gasteiger partial charge on any atom is -0.445 e. The molecule has 1 aromatic carbocycles. The number of nitrogens with zero attached hydrogens (tertiary/aromatic N) is 2. The number of Topliss-reactive ketones (excluding diaryl/α,β-unsaturated/α-hetero) is 1. The number of allylic oxidation sites excluding steroid dienone is 3. The topological polar surface area (TPSA) is 119 Å². The van der Waals surface area contributed by atoms with E-state index in [1.165, 1.54) is 25.1 Å². The first-order valence-corrected chi connectivity index (χ1v) is 6.40. The molecule has 0 radical (unpaired) electrons. The number of nitro groups is 1. The van der Waals surface area contributed by atoms with Crippen LogP contribution in [0.4, 0.5) is 5.69 Å². The van der Waals surface area contributed by atoms with E-state index in [0.717, 1.165) is 0 Å². The Hall–Kier alpha value is -3.14. The predicted octanol–water partition coefficient (Wildman–Crippen LogP) is 2.27. The van der Waals surface area contributed by atoms with Gasteiger partial charge in [-0.2, -0.15) is 5.26 Å². The van der Waals surface area contributed by atoms with Crippen LogP contribution in [0.5, 0.6) is 0 Å². The zero-order chi connectivity index (χ0) is 16.4. The molecular formula is C15H13N3O4. The van der Waals surface area contributed by atoms with E-state index in [0.29, 0.717) is 11.3 Å². The molecule has 1 aliphatic rings. The maximum Gasteiger partial charge on any atom is 0.269 e. The number of ketones is 1. The molecule has 0 fully saturated rings. The summed E-state index contributed by atoms with van der Waals surface area (Å²) < 4.78 is 5.25. The molecule has 2 N–H and O–H groups in total. The third kappa shape index (κ3) is 2.54. The van der Waals surface area contributed by atoms with Crippen LogP contribution < -0.4 is 5.73 Å². The number of nitro benzene ring substituents is 1. The van der Waals surface area contributed by atoms with Gasteiger partial charge in [0, 0.05) is 17.7 Å². The number of ether oxygens (including phenoxy) is 1. The lowest BCUT2D eigenvalue weighted by Crippen LogP contribution is -2.23. The Balaban J connectivity index is 2.68. The van der Waals surface area contributed by atoms with Crippen molar-refractivity contribution in [3.63, 3.8) is 0 Å². The molecule has 0 saturated heterocycles. The Morgan fingerprint density at radius 2 is 2.18 bits per heavy atom. The maximum absolute atomic E-state index is 11.9. The van der Waals surface area contributed by atoms with Crippen molar-refractivity contribution in [3.05, 3.63) is 62.7 Å². The largest absolute Gasteiger partial charge is 0.445 e. The van der Waals surface area contributed by atoms with Gasteiger partial charge in [0.15, 0.2) is 5.78 Å². The second kappa shape index (κ2) is 5.69. The second-order valence-electron chi connectivity index (χ2n) is 4.80. The number of hydrogen-bond donors (Lipinski definition) is 1. The molecular weight excluding hydrogens is 286 g/mol. The standard InChI is InChI=1S/C15H13N3O4/c1-8(19)13-9(2)22-15(17)12(7-16)14(13)10-4-3-5-11(6-10)18(20)21/h3-6,14H,17H2,1-2H3/t14-/m1/s1. The van der Waals surface area contributed by atoms with Crippen molar-refractivity contribution in [2.45, 2.75) is 19.8 Å². The van der Waals surface area contributed by atoms with Gasteiger partial charge in [0.2, 0.25) is 5.88 Å². The van der Waals surface area contributed by atoms with Gasteiger partial charge in [0.25, 0.3) is 5.69 Å². The zero-order valence-electron chi connectivity index (χ0n) is 12.0. The molecule has 0 unspecified atom stereocenters. The van der Waals surface area contributed by atoms with E-state index in [1.807, 2.05) is 6.07 Å². The first-order valence-electron chi connectivity index (χ1n) is 6.40. The van der Waals surface area contributed by atoms with Gasteiger partial charge in [0.05, 0.1) is 10.8 Å². The van der Waals surface area contributed by atoms with Gasteiger partial charge in [-0.1, -0.05) is 12.1 Å². The van der Waals surface area contributed by atoms with Gasteiger partial charge in [-0.15, -0.1) is 0 Å². The van der Waals surface area contributed by atoms with Crippen LogP contribution >= 0.6 is 0 Å². The van der Waals surface area contributed by atoms with E-state index in [-0.39, 0.29) is 28.5 Å². The summed E-state index contributed by atoms with van der Waals surface area (Å²) in [6.07, 6.45) is 0. The SMILES string of the molecule is CC(=O)C1=C(C)OC(N)=C(C#N)[C@H]1c1cccc([N+](=O)[O-])c1. The number of rotatable bonds is 3. The fourth-order valence-corrected chi connectivity index (χ4v) is 2.49. The summed E-state index contributed by atoms with van der Waals surface area (Å²) in [4.78, 5) is 22.3. The van der Waals surface area contributed by atoms with Crippen LogP contribution in [-0.4, -0.2) is 10.7 Å². The highest BCUT2D eigenvalue weighted by molar-refractivity contribution is 5.96. The second-order valence-corrected chi connectivity index (χ2v) is 4.80. The quantitative estimate of drug-likeness (QED) is 0.675. The van der Waals surface area contributed by atoms with Crippen LogP contribution in [0, 0.1) is 21.4 Å². The van der Waals surface area contributed by atoms with E-state index in [2.05, 4.69) is 0 Å². The number of carbonyl (C=O) groups is 1. The van der Waals surface area contributed by atoms with Crippen molar-refractivity contribution in [2.75, 3.05) is 0 Å². The van der Waals surface area contributed by atoms with Gasteiger partial charge in [-0.05, 0) is 19.4 Å². The molecule has 1 aliphatic heterocycles. The van der Waals surface area contributed by atoms with Gasteiger partial charge >= 0.3 is 0 Å². The molecule has 0 bridgehead atoms. The van der Waals surface area contributed by atoms with Crippen molar-refractivity contribution < 1.29 is 14.5 Å². The highest BCUT2D eigenvalue weighted by Gasteiger charge is 2.34. The average Bonchev–Trinajstić information content (AvgIpc) is 2.46. The van der Waals surface area contributed by atoms with E-state index in [9.17, 15) is 20.2 Å². The van der Waals surface area contributed by atoms with E-state index >= 15 is 0 Å². The molecule has 112 valence electrons. The molecule has 1 heterocycles.